The monoisotopic (exact) mass is 218 g/mol. The van der Waals surface area contributed by atoms with E-state index in [0.717, 1.165) is 10.9 Å². The number of nitrogens with one attached hydrogen (secondary N) is 1. The molecule has 0 fully saturated rings. The minimum Gasteiger partial charge on any atom is -0.481 e. The molecule has 2 N–H and O–H groups in total. The summed E-state index contributed by atoms with van der Waals surface area (Å²) in [5.41, 5.74) is 1.10. The van der Waals surface area contributed by atoms with Crippen LogP contribution in [0.3, 0.4) is 0 Å². The quantitative estimate of drug-likeness (QED) is 0.763. The first-order chi connectivity index (χ1) is 7.68. The van der Waals surface area contributed by atoms with E-state index < -0.39 is 5.97 Å². The summed E-state index contributed by atoms with van der Waals surface area (Å²) in [6.07, 6.45) is -0.190. The largest absolute Gasteiger partial charge is 0.481 e. The Morgan fingerprint density at radius 3 is 2.75 bits per heavy atom. The van der Waals surface area contributed by atoms with Gasteiger partial charge in [-0.15, -0.1) is 0 Å². The fourth-order valence-corrected chi connectivity index (χ4v) is 1.51. The number of carbonyl (C=O) groups is 2. The van der Waals surface area contributed by atoms with Gasteiger partial charge in [0.15, 0.2) is 5.78 Å². The van der Waals surface area contributed by atoms with Gasteiger partial charge >= 0.3 is 5.97 Å². The molecule has 2 rings (SSSR count). The van der Waals surface area contributed by atoms with Crippen molar-refractivity contribution in [2.75, 3.05) is 0 Å². The standard InChI is InChI=1S/C11H10N2O3/c14-9(5-6-10(15)16)11-7-3-1-2-4-8(7)12-13-11/h1-4H,5-6H2,(H,12,13)(H,15,16). The molecule has 0 bridgehead atoms. The van der Waals surface area contributed by atoms with Gasteiger partial charge in [0.1, 0.15) is 5.69 Å². The van der Waals surface area contributed by atoms with E-state index in [-0.39, 0.29) is 18.6 Å². The lowest BCUT2D eigenvalue weighted by Crippen LogP contribution is -2.04. The molecule has 82 valence electrons. The minimum atomic E-state index is -0.979. The van der Waals surface area contributed by atoms with Crippen LogP contribution in [0.15, 0.2) is 24.3 Å². The average molecular weight is 218 g/mol. The number of ketones is 1. The van der Waals surface area contributed by atoms with Crippen LogP contribution in [0.4, 0.5) is 0 Å². The molecule has 0 saturated carbocycles. The summed E-state index contributed by atoms with van der Waals surface area (Å²) in [7, 11) is 0. The molecule has 0 spiro atoms. The Hall–Kier alpha value is -2.17. The fraction of sp³-hybridized carbons (Fsp3) is 0.182. The van der Waals surface area contributed by atoms with Crippen LogP contribution in [-0.4, -0.2) is 27.1 Å². The van der Waals surface area contributed by atoms with E-state index in [1.54, 1.807) is 6.07 Å². The highest BCUT2D eigenvalue weighted by molar-refractivity contribution is 6.06. The molecule has 0 aliphatic carbocycles. The third-order valence-corrected chi connectivity index (χ3v) is 2.30. The van der Waals surface area contributed by atoms with Gasteiger partial charge in [0.25, 0.3) is 0 Å². The first-order valence-electron chi connectivity index (χ1n) is 4.86. The van der Waals surface area contributed by atoms with Gasteiger partial charge in [0.05, 0.1) is 11.9 Å². The van der Waals surface area contributed by atoms with Crippen LogP contribution in [0, 0.1) is 0 Å². The van der Waals surface area contributed by atoms with E-state index in [4.69, 9.17) is 5.11 Å². The lowest BCUT2D eigenvalue weighted by molar-refractivity contribution is -0.136. The first-order valence-corrected chi connectivity index (χ1v) is 4.86. The van der Waals surface area contributed by atoms with Gasteiger partial charge in [-0.25, -0.2) is 0 Å². The molecule has 5 heteroatoms. The molecule has 0 radical (unpaired) electrons. The summed E-state index contributed by atoms with van der Waals surface area (Å²) >= 11 is 0. The van der Waals surface area contributed by atoms with Crippen LogP contribution in [0.5, 0.6) is 0 Å². The first kappa shape index (κ1) is 10.4. The minimum absolute atomic E-state index is 0.0236. The smallest absolute Gasteiger partial charge is 0.303 e. The summed E-state index contributed by atoms with van der Waals surface area (Å²) in [4.78, 5) is 22.0. The molecular formula is C11H10N2O3. The Balaban J connectivity index is 2.26. The van der Waals surface area contributed by atoms with Crippen molar-refractivity contribution in [2.45, 2.75) is 12.8 Å². The maximum Gasteiger partial charge on any atom is 0.303 e. The van der Waals surface area contributed by atoms with Crippen molar-refractivity contribution in [3.05, 3.63) is 30.0 Å². The number of hydrogen-bond donors (Lipinski definition) is 2. The number of carboxylic acid groups (broad SMARTS) is 1. The molecule has 0 atom stereocenters. The Bertz CT molecular complexity index is 545. The number of para-hydroxylation sites is 1. The number of aliphatic carboxylic acids is 1. The van der Waals surface area contributed by atoms with Crippen molar-refractivity contribution in [3.8, 4) is 0 Å². The van der Waals surface area contributed by atoms with E-state index in [1.807, 2.05) is 18.2 Å². The second-order valence-corrected chi connectivity index (χ2v) is 3.43. The van der Waals surface area contributed by atoms with Crippen molar-refractivity contribution in [2.24, 2.45) is 0 Å². The van der Waals surface area contributed by atoms with Gasteiger partial charge < -0.3 is 5.11 Å². The van der Waals surface area contributed by atoms with Crippen LogP contribution in [0.25, 0.3) is 10.9 Å². The molecule has 16 heavy (non-hydrogen) atoms. The van der Waals surface area contributed by atoms with E-state index in [1.165, 1.54) is 0 Å². The molecule has 2 aromatic rings. The number of aromatic amines is 1. The molecule has 1 aromatic carbocycles. The summed E-state index contributed by atoms with van der Waals surface area (Å²) in [5.74, 6) is -1.23. The molecular weight excluding hydrogens is 208 g/mol. The maximum atomic E-state index is 11.7. The maximum absolute atomic E-state index is 11.7. The summed E-state index contributed by atoms with van der Waals surface area (Å²) in [6.45, 7) is 0. The van der Waals surface area contributed by atoms with E-state index in [0.29, 0.717) is 5.69 Å². The lowest BCUT2D eigenvalue weighted by atomic mass is 10.1. The highest BCUT2D eigenvalue weighted by Crippen LogP contribution is 2.16. The Morgan fingerprint density at radius 2 is 2.00 bits per heavy atom. The second-order valence-electron chi connectivity index (χ2n) is 3.43. The van der Waals surface area contributed by atoms with E-state index >= 15 is 0 Å². The van der Waals surface area contributed by atoms with Crippen LogP contribution >= 0.6 is 0 Å². The van der Waals surface area contributed by atoms with Crippen LogP contribution in [0.2, 0.25) is 0 Å². The number of hydrogen-bond acceptors (Lipinski definition) is 3. The zero-order chi connectivity index (χ0) is 11.5. The molecule has 0 saturated heterocycles. The number of benzene rings is 1. The van der Waals surface area contributed by atoms with Gasteiger partial charge in [-0.1, -0.05) is 18.2 Å². The fourth-order valence-electron chi connectivity index (χ4n) is 1.51. The lowest BCUT2D eigenvalue weighted by Gasteiger charge is -1.94. The predicted octanol–water partition coefficient (Wildman–Crippen LogP) is 1.61. The summed E-state index contributed by atoms with van der Waals surface area (Å²) in [6, 6.07) is 7.25. The van der Waals surface area contributed by atoms with E-state index in [2.05, 4.69) is 10.2 Å². The van der Waals surface area contributed by atoms with Crippen molar-refractivity contribution in [3.63, 3.8) is 0 Å². The van der Waals surface area contributed by atoms with Crippen LogP contribution in [-0.2, 0) is 4.79 Å². The van der Waals surface area contributed by atoms with Gasteiger partial charge in [-0.3, -0.25) is 14.7 Å². The van der Waals surface area contributed by atoms with Gasteiger partial charge in [0, 0.05) is 11.8 Å². The number of H-pyrrole nitrogens is 1. The third-order valence-electron chi connectivity index (χ3n) is 2.30. The number of aromatic nitrogens is 2. The SMILES string of the molecule is O=C(O)CCC(=O)c1n[nH]c2ccccc12. The summed E-state index contributed by atoms with van der Waals surface area (Å²) < 4.78 is 0. The Morgan fingerprint density at radius 1 is 1.25 bits per heavy atom. The second kappa shape index (κ2) is 4.14. The molecule has 1 aromatic heterocycles. The average Bonchev–Trinajstić information content (AvgIpc) is 2.69. The zero-order valence-electron chi connectivity index (χ0n) is 8.43. The van der Waals surface area contributed by atoms with Gasteiger partial charge in [-0.2, -0.15) is 5.10 Å². The number of carboxylic acids is 1. The molecule has 0 aliphatic heterocycles. The third kappa shape index (κ3) is 1.93. The van der Waals surface area contributed by atoms with Crippen molar-refractivity contribution >= 4 is 22.7 Å². The molecule has 5 nitrogen and oxygen atoms in total. The normalized spacial score (nSPS) is 10.5. The summed E-state index contributed by atoms with van der Waals surface area (Å²) in [5, 5.41) is 15.9. The molecule has 0 aliphatic rings. The number of fused-ring (bicyclic) bond motifs is 1. The Labute approximate surface area is 91.1 Å². The molecule has 0 amide bonds. The van der Waals surface area contributed by atoms with Crippen molar-refractivity contribution in [1.29, 1.82) is 0 Å². The van der Waals surface area contributed by atoms with Crippen LogP contribution in [0.1, 0.15) is 23.3 Å². The number of nitrogens with zero attached hydrogens (tertiary/aromatic N) is 1. The predicted molar refractivity (Wildman–Crippen MR) is 57.3 cm³/mol. The van der Waals surface area contributed by atoms with Crippen LogP contribution < -0.4 is 0 Å². The number of carbonyl (C=O) groups excluding carboxylic acids is 1. The highest BCUT2D eigenvalue weighted by Gasteiger charge is 2.14. The van der Waals surface area contributed by atoms with Crippen molar-refractivity contribution < 1.29 is 14.7 Å². The number of Topliss-reactive ketones (excluding diaryl/α,β-unsaturated/α-hetero) is 1. The molecule has 0 unspecified atom stereocenters. The van der Waals surface area contributed by atoms with Gasteiger partial charge in [-0.05, 0) is 6.07 Å². The van der Waals surface area contributed by atoms with Crippen molar-refractivity contribution in [1.82, 2.24) is 10.2 Å². The number of rotatable bonds is 4. The highest BCUT2D eigenvalue weighted by atomic mass is 16.4. The molecule has 1 heterocycles. The zero-order valence-corrected chi connectivity index (χ0v) is 8.43. The van der Waals surface area contributed by atoms with E-state index in [9.17, 15) is 9.59 Å². The Kier molecular flexibility index (Phi) is 2.68. The topological polar surface area (TPSA) is 83.0 Å². The van der Waals surface area contributed by atoms with Gasteiger partial charge in [0.2, 0.25) is 0 Å².